The normalized spacial score (nSPS) is 11.2. The molecule has 1 rings (SSSR count). The van der Waals surface area contributed by atoms with Crippen LogP contribution in [-0.4, -0.2) is 13.5 Å². The Balaban J connectivity index is 2.99. The molecule has 0 radical (unpaired) electrons. The Bertz CT molecular complexity index is 418. The second-order valence-electron chi connectivity index (χ2n) is 2.31. The van der Waals surface area contributed by atoms with Gasteiger partial charge in [0.25, 0.3) is 10.2 Å². The minimum Gasteiger partial charge on any atom is -0.506 e. The van der Waals surface area contributed by atoms with Crippen LogP contribution >= 0.6 is 11.6 Å². The van der Waals surface area contributed by atoms with Gasteiger partial charge in [0.2, 0.25) is 0 Å². The Morgan fingerprint density at radius 3 is 2.54 bits per heavy atom. The first-order valence-corrected chi connectivity index (χ1v) is 5.10. The molecule has 5 nitrogen and oxygen atoms in total. The molecule has 0 bridgehead atoms. The van der Waals surface area contributed by atoms with Gasteiger partial charge in [-0.15, -0.1) is 0 Å². The van der Waals surface area contributed by atoms with Crippen molar-refractivity contribution in [1.29, 1.82) is 0 Å². The second-order valence-corrected chi connectivity index (χ2v) is 4.01. The molecule has 0 aliphatic heterocycles. The molecular formula is C6H7ClN2O3S. The van der Waals surface area contributed by atoms with Gasteiger partial charge in [-0.05, 0) is 12.1 Å². The van der Waals surface area contributed by atoms with Crippen LogP contribution < -0.4 is 9.86 Å². The molecule has 0 fully saturated rings. The van der Waals surface area contributed by atoms with Crippen LogP contribution in [-0.2, 0) is 10.2 Å². The molecule has 0 saturated heterocycles. The van der Waals surface area contributed by atoms with Crippen molar-refractivity contribution in [3.8, 4) is 5.75 Å². The Morgan fingerprint density at radius 2 is 2.08 bits per heavy atom. The molecular weight excluding hydrogens is 216 g/mol. The highest BCUT2D eigenvalue weighted by molar-refractivity contribution is 7.90. The van der Waals surface area contributed by atoms with E-state index in [-0.39, 0.29) is 16.5 Å². The number of anilines is 1. The van der Waals surface area contributed by atoms with Crippen LogP contribution in [0.5, 0.6) is 5.75 Å². The lowest BCUT2D eigenvalue weighted by atomic mass is 10.3. The van der Waals surface area contributed by atoms with E-state index in [0.717, 1.165) is 6.07 Å². The third kappa shape index (κ3) is 3.10. The van der Waals surface area contributed by atoms with E-state index in [9.17, 15) is 8.42 Å². The molecule has 72 valence electrons. The quantitative estimate of drug-likeness (QED) is 0.686. The molecule has 0 aliphatic carbocycles. The topological polar surface area (TPSA) is 92.4 Å². The molecule has 7 heteroatoms. The van der Waals surface area contributed by atoms with E-state index in [0.29, 0.717) is 0 Å². The van der Waals surface area contributed by atoms with E-state index in [1.165, 1.54) is 12.1 Å². The van der Waals surface area contributed by atoms with Crippen molar-refractivity contribution in [2.24, 2.45) is 5.14 Å². The molecule has 0 atom stereocenters. The summed E-state index contributed by atoms with van der Waals surface area (Å²) in [6, 6.07) is 3.89. The number of nitrogens with one attached hydrogen (secondary N) is 1. The van der Waals surface area contributed by atoms with Crippen LogP contribution in [0.2, 0.25) is 5.02 Å². The SMILES string of the molecule is NS(=O)(=O)Nc1ccc(Cl)c(O)c1. The van der Waals surface area contributed by atoms with Crippen LogP contribution in [0.3, 0.4) is 0 Å². The van der Waals surface area contributed by atoms with Gasteiger partial charge in [-0.25, -0.2) is 5.14 Å². The summed E-state index contributed by atoms with van der Waals surface area (Å²) < 4.78 is 23.1. The zero-order valence-electron chi connectivity index (χ0n) is 6.36. The first kappa shape index (κ1) is 10.1. The smallest absolute Gasteiger partial charge is 0.296 e. The molecule has 0 aromatic heterocycles. The molecule has 0 heterocycles. The maximum absolute atomic E-state index is 10.5. The summed E-state index contributed by atoms with van der Waals surface area (Å²) in [5, 5.41) is 13.9. The third-order valence-corrected chi connectivity index (χ3v) is 2.05. The molecule has 1 aromatic carbocycles. The number of hydrogen-bond acceptors (Lipinski definition) is 3. The number of nitrogens with two attached hydrogens (primary N) is 1. The molecule has 0 saturated carbocycles. The number of phenolic OH excluding ortho intramolecular Hbond substituents is 1. The fourth-order valence-electron chi connectivity index (χ4n) is 0.740. The molecule has 0 aliphatic rings. The van der Waals surface area contributed by atoms with Gasteiger partial charge in [0, 0.05) is 6.07 Å². The van der Waals surface area contributed by atoms with E-state index >= 15 is 0 Å². The maximum Gasteiger partial charge on any atom is 0.296 e. The first-order chi connectivity index (χ1) is 5.88. The van der Waals surface area contributed by atoms with Crippen LogP contribution in [0.25, 0.3) is 0 Å². The first-order valence-electron chi connectivity index (χ1n) is 3.17. The van der Waals surface area contributed by atoms with Gasteiger partial charge in [-0.3, -0.25) is 4.72 Å². The van der Waals surface area contributed by atoms with Gasteiger partial charge in [0.15, 0.2) is 0 Å². The molecule has 13 heavy (non-hydrogen) atoms. The predicted octanol–water partition coefficient (Wildman–Crippen LogP) is 0.661. The Labute approximate surface area is 80.3 Å². The van der Waals surface area contributed by atoms with Crippen molar-refractivity contribution in [3.05, 3.63) is 23.2 Å². The highest BCUT2D eigenvalue weighted by Crippen LogP contribution is 2.26. The third-order valence-electron chi connectivity index (χ3n) is 1.21. The van der Waals surface area contributed by atoms with Crippen molar-refractivity contribution < 1.29 is 13.5 Å². The van der Waals surface area contributed by atoms with Crippen LogP contribution in [0.4, 0.5) is 5.69 Å². The van der Waals surface area contributed by atoms with Gasteiger partial charge in [0.05, 0.1) is 10.7 Å². The highest BCUT2D eigenvalue weighted by Gasteiger charge is 2.04. The lowest BCUT2D eigenvalue weighted by molar-refractivity contribution is 0.476. The molecule has 4 N–H and O–H groups in total. The summed E-state index contributed by atoms with van der Waals surface area (Å²) >= 11 is 5.49. The number of benzene rings is 1. The lowest BCUT2D eigenvalue weighted by Crippen LogP contribution is -2.21. The molecule has 1 aromatic rings. The minimum atomic E-state index is -3.81. The monoisotopic (exact) mass is 222 g/mol. The van der Waals surface area contributed by atoms with E-state index in [1.807, 2.05) is 4.72 Å². The van der Waals surface area contributed by atoms with Gasteiger partial charge in [-0.1, -0.05) is 11.6 Å². The van der Waals surface area contributed by atoms with Crippen molar-refractivity contribution in [3.63, 3.8) is 0 Å². The molecule has 0 unspecified atom stereocenters. The summed E-state index contributed by atoms with van der Waals surface area (Å²) in [6.07, 6.45) is 0. The van der Waals surface area contributed by atoms with Crippen LogP contribution in [0.15, 0.2) is 18.2 Å². The fraction of sp³-hybridized carbons (Fsp3) is 0. The highest BCUT2D eigenvalue weighted by atomic mass is 35.5. The van der Waals surface area contributed by atoms with E-state index in [4.69, 9.17) is 21.8 Å². The Kier molecular flexibility index (Phi) is 2.65. The maximum atomic E-state index is 10.5. The summed E-state index contributed by atoms with van der Waals surface area (Å²) in [6.45, 7) is 0. The number of rotatable bonds is 2. The minimum absolute atomic E-state index is 0.139. The van der Waals surface area contributed by atoms with Gasteiger partial charge in [0.1, 0.15) is 5.75 Å². The summed E-state index contributed by atoms with van der Waals surface area (Å²) in [5.74, 6) is -0.213. The average Bonchev–Trinajstić information content (AvgIpc) is 1.94. The van der Waals surface area contributed by atoms with Crippen molar-refractivity contribution in [2.45, 2.75) is 0 Å². The van der Waals surface area contributed by atoms with E-state index in [1.54, 1.807) is 0 Å². The van der Waals surface area contributed by atoms with Gasteiger partial charge < -0.3 is 5.11 Å². The van der Waals surface area contributed by atoms with Crippen molar-refractivity contribution >= 4 is 27.5 Å². The fourth-order valence-corrected chi connectivity index (χ4v) is 1.31. The van der Waals surface area contributed by atoms with Crippen LogP contribution in [0.1, 0.15) is 0 Å². The van der Waals surface area contributed by atoms with E-state index < -0.39 is 10.2 Å². The molecule has 0 amide bonds. The summed E-state index contributed by atoms with van der Waals surface area (Å²) in [7, 11) is -3.81. The lowest BCUT2D eigenvalue weighted by Gasteiger charge is -2.03. The number of hydrogen-bond donors (Lipinski definition) is 3. The standard InChI is InChI=1S/C6H7ClN2O3S/c7-5-2-1-4(3-6(5)10)9-13(8,11)12/h1-3,9-10H,(H2,8,11,12). The van der Waals surface area contributed by atoms with E-state index in [2.05, 4.69) is 0 Å². The number of phenols is 1. The average molecular weight is 223 g/mol. The molecule has 0 spiro atoms. The van der Waals surface area contributed by atoms with Crippen molar-refractivity contribution in [1.82, 2.24) is 0 Å². The summed E-state index contributed by atoms with van der Waals surface area (Å²) in [4.78, 5) is 0. The Morgan fingerprint density at radius 1 is 1.46 bits per heavy atom. The zero-order chi connectivity index (χ0) is 10.1. The summed E-state index contributed by atoms with van der Waals surface area (Å²) in [5.41, 5.74) is 0.157. The van der Waals surface area contributed by atoms with Gasteiger partial charge in [-0.2, -0.15) is 8.42 Å². The van der Waals surface area contributed by atoms with Gasteiger partial charge >= 0.3 is 0 Å². The number of aromatic hydroxyl groups is 1. The van der Waals surface area contributed by atoms with Crippen molar-refractivity contribution in [2.75, 3.05) is 4.72 Å². The number of halogens is 1. The predicted molar refractivity (Wildman–Crippen MR) is 49.8 cm³/mol. The largest absolute Gasteiger partial charge is 0.506 e. The Hall–Kier alpha value is -0.980. The second kappa shape index (κ2) is 3.41. The van der Waals surface area contributed by atoms with Crippen LogP contribution in [0, 0.1) is 0 Å². The zero-order valence-corrected chi connectivity index (χ0v) is 7.93.